The van der Waals surface area contributed by atoms with E-state index < -0.39 is 30.5 Å². The van der Waals surface area contributed by atoms with Crippen molar-refractivity contribution in [1.82, 2.24) is 39.8 Å². The molecule has 44 heavy (non-hydrogen) atoms. The quantitative estimate of drug-likeness (QED) is 0.121. The Morgan fingerprint density at radius 2 is 2.09 bits per heavy atom. The number of nitrogens with two attached hydrogens (primary N) is 1. The number of carbonyl (C=O) groups is 1. The van der Waals surface area contributed by atoms with Crippen molar-refractivity contribution < 1.29 is 34.3 Å². The number of aliphatic hydroxyl groups is 2. The Labute approximate surface area is 251 Å². The number of benzene rings is 1. The molecule has 0 bridgehead atoms. The number of esters is 1. The Hall–Kier alpha value is -4.64. The number of phenols is 1. The fraction of sp³-hybridized carbons (Fsp3) is 0.429. The van der Waals surface area contributed by atoms with Crippen LogP contribution >= 0.6 is 0 Å². The summed E-state index contributed by atoms with van der Waals surface area (Å²) >= 11 is 0. The van der Waals surface area contributed by atoms with Crippen LogP contribution in [0.5, 0.6) is 11.5 Å². The molecular formula is C28H33N9O7. The number of nitrogen functional groups attached to an aromatic ring is 1. The largest absolute Gasteiger partial charge is 0.507 e. The summed E-state index contributed by atoms with van der Waals surface area (Å²) in [6.45, 7) is 5.04. The first-order valence-corrected chi connectivity index (χ1v) is 14.0. The number of aromatic nitrogens is 7. The normalized spacial score (nSPS) is 21.7. The van der Waals surface area contributed by atoms with Gasteiger partial charge >= 0.3 is 5.97 Å². The molecule has 2 aliphatic rings. The summed E-state index contributed by atoms with van der Waals surface area (Å²) in [7, 11) is 1.54. The Morgan fingerprint density at radius 1 is 1.27 bits per heavy atom. The molecule has 1 saturated heterocycles. The average molecular weight is 608 g/mol. The van der Waals surface area contributed by atoms with Crippen LogP contribution in [0.1, 0.15) is 45.9 Å². The summed E-state index contributed by atoms with van der Waals surface area (Å²) < 4.78 is 19.7. The lowest BCUT2D eigenvalue weighted by Crippen LogP contribution is -2.33. The Balaban J connectivity index is 1.04. The van der Waals surface area contributed by atoms with E-state index in [1.54, 1.807) is 10.9 Å². The number of nitrogens with one attached hydrogen (secondary N) is 1. The van der Waals surface area contributed by atoms with Crippen LogP contribution in [0.4, 0.5) is 5.82 Å². The SMILES string of the molecule is COc1c(C)c2c(c(O)c1C/C=C(\C)CNCc1cn(C[C@H]3O[C@@H](n4cnc5c(N)ncnc54)[C@@H](O)[C@H]3O)nn1)C(=O)OC2. The topological polar surface area (TPSA) is 218 Å². The molecule has 4 aromatic rings. The number of hydrogen-bond donors (Lipinski definition) is 5. The number of aromatic hydroxyl groups is 1. The van der Waals surface area contributed by atoms with Crippen molar-refractivity contribution in [3.63, 3.8) is 0 Å². The van der Waals surface area contributed by atoms with E-state index >= 15 is 0 Å². The molecule has 0 aliphatic carbocycles. The minimum absolute atomic E-state index is 0.106. The molecule has 2 aliphatic heterocycles. The van der Waals surface area contributed by atoms with Crippen LogP contribution in [-0.2, 0) is 35.6 Å². The predicted molar refractivity (Wildman–Crippen MR) is 153 cm³/mol. The zero-order chi connectivity index (χ0) is 31.1. The van der Waals surface area contributed by atoms with Gasteiger partial charge in [-0.15, -0.1) is 5.10 Å². The van der Waals surface area contributed by atoms with Gasteiger partial charge in [0.25, 0.3) is 0 Å². The van der Waals surface area contributed by atoms with Crippen LogP contribution < -0.4 is 15.8 Å². The smallest absolute Gasteiger partial charge is 0.342 e. The molecule has 0 unspecified atom stereocenters. The van der Waals surface area contributed by atoms with Crippen LogP contribution in [-0.4, -0.2) is 87.8 Å². The number of methoxy groups -OCH3 is 1. The minimum atomic E-state index is -1.23. The second kappa shape index (κ2) is 11.8. The molecule has 3 aromatic heterocycles. The number of carbonyl (C=O) groups excluding carboxylic acids is 1. The highest BCUT2D eigenvalue weighted by Crippen LogP contribution is 2.42. The van der Waals surface area contributed by atoms with Crippen LogP contribution in [0.2, 0.25) is 0 Å². The molecule has 4 atom stereocenters. The maximum atomic E-state index is 12.1. The Morgan fingerprint density at radius 3 is 2.89 bits per heavy atom. The van der Waals surface area contributed by atoms with Crippen LogP contribution in [0.25, 0.3) is 11.2 Å². The lowest BCUT2D eigenvalue weighted by atomic mass is 9.95. The zero-order valence-electron chi connectivity index (χ0n) is 24.3. The predicted octanol–water partition coefficient (Wildman–Crippen LogP) is 0.291. The van der Waals surface area contributed by atoms with E-state index in [1.165, 1.54) is 24.3 Å². The number of fused-ring (bicyclic) bond motifs is 2. The van der Waals surface area contributed by atoms with Crippen molar-refractivity contribution in [3.8, 4) is 11.5 Å². The van der Waals surface area contributed by atoms with Crippen molar-refractivity contribution in [1.29, 1.82) is 0 Å². The Bertz CT molecular complexity index is 1750. The van der Waals surface area contributed by atoms with Gasteiger partial charge in [-0.3, -0.25) is 4.57 Å². The van der Waals surface area contributed by atoms with E-state index in [1.807, 2.05) is 19.9 Å². The Kier molecular flexibility index (Phi) is 7.89. The monoisotopic (exact) mass is 607 g/mol. The zero-order valence-corrected chi connectivity index (χ0v) is 24.3. The third kappa shape index (κ3) is 5.21. The van der Waals surface area contributed by atoms with Gasteiger partial charge in [0, 0.05) is 30.4 Å². The number of rotatable bonds is 10. The first-order chi connectivity index (χ1) is 21.2. The highest BCUT2D eigenvalue weighted by atomic mass is 16.6. The highest BCUT2D eigenvalue weighted by Gasteiger charge is 2.44. The fourth-order valence-electron chi connectivity index (χ4n) is 5.62. The van der Waals surface area contributed by atoms with E-state index in [9.17, 15) is 20.1 Å². The lowest BCUT2D eigenvalue weighted by molar-refractivity contribution is -0.0403. The van der Waals surface area contributed by atoms with Crippen molar-refractivity contribution in [2.24, 2.45) is 0 Å². The van der Waals surface area contributed by atoms with E-state index in [4.69, 9.17) is 19.9 Å². The molecule has 6 N–H and O–H groups in total. The van der Waals surface area contributed by atoms with Crippen LogP contribution in [0, 0.1) is 6.92 Å². The molecule has 5 heterocycles. The second-order valence-corrected chi connectivity index (χ2v) is 10.8. The van der Waals surface area contributed by atoms with E-state index in [2.05, 4.69) is 30.6 Å². The van der Waals surface area contributed by atoms with E-state index in [-0.39, 0.29) is 30.3 Å². The first-order valence-electron chi connectivity index (χ1n) is 14.0. The molecule has 1 aromatic carbocycles. The fourth-order valence-corrected chi connectivity index (χ4v) is 5.62. The van der Waals surface area contributed by atoms with Crippen LogP contribution in [0.3, 0.4) is 0 Å². The van der Waals surface area contributed by atoms with Crippen molar-refractivity contribution in [2.45, 2.75) is 64.5 Å². The van der Waals surface area contributed by atoms with Crippen molar-refractivity contribution in [2.75, 3.05) is 19.4 Å². The van der Waals surface area contributed by atoms with Gasteiger partial charge in [0.05, 0.1) is 25.7 Å². The summed E-state index contributed by atoms with van der Waals surface area (Å²) in [6.07, 6.45) is 2.68. The number of allylic oxidation sites excluding steroid dienone is 1. The molecule has 1 fully saturated rings. The molecule has 6 rings (SSSR count). The molecule has 0 amide bonds. The van der Waals surface area contributed by atoms with Gasteiger partial charge in [-0.1, -0.05) is 16.9 Å². The summed E-state index contributed by atoms with van der Waals surface area (Å²) in [6, 6.07) is 0. The number of nitrogens with zero attached hydrogens (tertiary/aromatic N) is 7. The van der Waals surface area contributed by atoms with Crippen molar-refractivity contribution in [3.05, 3.63) is 58.4 Å². The molecule has 16 nitrogen and oxygen atoms in total. The van der Waals surface area contributed by atoms with Gasteiger partial charge in [-0.05, 0) is 25.8 Å². The number of cyclic esters (lactones) is 1. The lowest BCUT2D eigenvalue weighted by Gasteiger charge is -2.16. The average Bonchev–Trinajstić information content (AvgIpc) is 3.79. The van der Waals surface area contributed by atoms with Gasteiger partial charge in [-0.2, -0.15) is 0 Å². The first kappa shape index (κ1) is 29.4. The molecule has 0 saturated carbocycles. The molecular weight excluding hydrogens is 574 g/mol. The molecule has 0 radical (unpaired) electrons. The van der Waals surface area contributed by atoms with Gasteiger partial charge < -0.3 is 40.6 Å². The van der Waals surface area contributed by atoms with Crippen LogP contribution in [0.15, 0.2) is 30.5 Å². The third-order valence-electron chi connectivity index (χ3n) is 7.96. The maximum absolute atomic E-state index is 12.1. The highest BCUT2D eigenvalue weighted by molar-refractivity contribution is 5.98. The van der Waals surface area contributed by atoms with Gasteiger partial charge in [0.15, 0.2) is 17.7 Å². The third-order valence-corrected chi connectivity index (χ3v) is 7.96. The number of aliphatic hydroxyl groups excluding tert-OH is 2. The van der Waals surface area contributed by atoms with E-state index in [0.717, 1.165) is 11.1 Å². The summed E-state index contributed by atoms with van der Waals surface area (Å²) in [5.74, 6) is 0.110. The number of anilines is 1. The standard InChI is InChI=1S/C28H33N9O7/c1-13(4-5-16-21(38)19-17(10-43-28(19)41)14(2)24(16)42-3)6-30-7-15-8-36(35-34-15)9-18-22(39)23(40)27(44-18)37-12-33-20-25(29)31-11-32-26(20)37/h4,8,11-12,18,22-23,27,30,38-40H,5-7,9-10H2,1-3H3,(H2,29,31,32)/b13-4+/t18-,22+,23+,27-/m1/s1. The molecule has 0 spiro atoms. The van der Waals surface area contributed by atoms with Gasteiger partial charge in [0.1, 0.15) is 53.8 Å². The minimum Gasteiger partial charge on any atom is -0.507 e. The molecule has 16 heteroatoms. The number of ether oxygens (including phenoxy) is 3. The van der Waals surface area contributed by atoms with Gasteiger partial charge in [-0.25, -0.2) is 24.4 Å². The number of phenolic OH excluding ortho intramolecular Hbond substituents is 1. The van der Waals surface area contributed by atoms with Crippen molar-refractivity contribution >= 4 is 23.0 Å². The van der Waals surface area contributed by atoms with Gasteiger partial charge in [0.2, 0.25) is 0 Å². The van der Waals surface area contributed by atoms with E-state index in [0.29, 0.717) is 53.2 Å². The number of hydrogen-bond acceptors (Lipinski definition) is 14. The summed E-state index contributed by atoms with van der Waals surface area (Å²) in [4.78, 5) is 24.4. The second-order valence-electron chi connectivity index (χ2n) is 10.8. The summed E-state index contributed by atoms with van der Waals surface area (Å²) in [5, 5.41) is 43.8. The number of imidazole rings is 1. The maximum Gasteiger partial charge on any atom is 0.342 e. The molecule has 232 valence electrons. The summed E-state index contributed by atoms with van der Waals surface area (Å²) in [5.41, 5.74) is 10.5.